The van der Waals surface area contributed by atoms with Crippen molar-refractivity contribution in [2.45, 2.75) is 32.2 Å². The van der Waals surface area contributed by atoms with Crippen molar-refractivity contribution in [1.29, 1.82) is 0 Å². The number of benzene rings is 1. The summed E-state index contributed by atoms with van der Waals surface area (Å²) < 4.78 is 9.85. The van der Waals surface area contributed by atoms with Crippen LogP contribution in [0.2, 0.25) is 0 Å². The highest BCUT2D eigenvalue weighted by Crippen LogP contribution is 2.24. The molecule has 0 N–H and O–H groups in total. The van der Waals surface area contributed by atoms with Gasteiger partial charge in [-0.2, -0.15) is 4.98 Å². The third-order valence-electron chi connectivity index (χ3n) is 5.75. The highest BCUT2D eigenvalue weighted by atomic mass is 16.5. The van der Waals surface area contributed by atoms with E-state index in [0.717, 1.165) is 54.2 Å². The van der Waals surface area contributed by atoms with Crippen LogP contribution in [0.15, 0.2) is 33.9 Å². The maximum Gasteiger partial charge on any atom is 0.332 e. The molecule has 0 saturated carbocycles. The minimum Gasteiger partial charge on any atom is -0.497 e. The molecule has 3 aromatic rings. The van der Waals surface area contributed by atoms with Gasteiger partial charge in [0.2, 0.25) is 5.95 Å². The van der Waals surface area contributed by atoms with Gasteiger partial charge < -0.3 is 14.2 Å². The molecule has 1 saturated heterocycles. The first kappa shape index (κ1) is 19.3. The molecular weight excluding hydrogens is 370 g/mol. The van der Waals surface area contributed by atoms with Crippen molar-refractivity contribution in [1.82, 2.24) is 18.7 Å². The molecule has 0 atom stereocenters. The van der Waals surface area contributed by atoms with E-state index in [1.165, 1.54) is 18.0 Å². The van der Waals surface area contributed by atoms with Crippen molar-refractivity contribution in [3.63, 3.8) is 0 Å². The Morgan fingerprint density at radius 3 is 2.34 bits per heavy atom. The van der Waals surface area contributed by atoms with Gasteiger partial charge in [-0.25, -0.2) is 4.79 Å². The van der Waals surface area contributed by atoms with E-state index in [4.69, 9.17) is 9.72 Å². The van der Waals surface area contributed by atoms with E-state index in [-0.39, 0.29) is 11.2 Å². The van der Waals surface area contributed by atoms with E-state index < -0.39 is 0 Å². The van der Waals surface area contributed by atoms with Gasteiger partial charge in [0, 0.05) is 33.7 Å². The first-order chi connectivity index (χ1) is 14.0. The van der Waals surface area contributed by atoms with Crippen LogP contribution < -0.4 is 20.9 Å². The molecule has 2 aromatic heterocycles. The molecule has 3 heterocycles. The van der Waals surface area contributed by atoms with Gasteiger partial charge in [0.05, 0.1) is 7.11 Å². The van der Waals surface area contributed by atoms with Crippen molar-refractivity contribution in [2.75, 3.05) is 25.1 Å². The number of ether oxygens (including phenoxy) is 1. The van der Waals surface area contributed by atoms with Crippen LogP contribution in [-0.2, 0) is 27.1 Å². The van der Waals surface area contributed by atoms with Crippen LogP contribution in [0.5, 0.6) is 5.75 Å². The SMILES string of the molecule is COc1ccc(CCn2c(N3CCCCC3)nc3c2c(=O)n(C)c(=O)n3C)cc1. The first-order valence-electron chi connectivity index (χ1n) is 10.1. The summed E-state index contributed by atoms with van der Waals surface area (Å²) in [6, 6.07) is 7.95. The predicted molar refractivity (Wildman–Crippen MR) is 113 cm³/mol. The zero-order valence-corrected chi connectivity index (χ0v) is 17.2. The van der Waals surface area contributed by atoms with Gasteiger partial charge in [0.25, 0.3) is 5.56 Å². The molecule has 29 heavy (non-hydrogen) atoms. The molecule has 0 radical (unpaired) electrons. The van der Waals surface area contributed by atoms with E-state index in [1.807, 2.05) is 28.8 Å². The highest BCUT2D eigenvalue weighted by Gasteiger charge is 2.23. The van der Waals surface area contributed by atoms with Gasteiger partial charge in [-0.1, -0.05) is 12.1 Å². The van der Waals surface area contributed by atoms with Gasteiger partial charge >= 0.3 is 5.69 Å². The minimum atomic E-state index is -0.354. The maximum absolute atomic E-state index is 13.0. The van der Waals surface area contributed by atoms with Gasteiger partial charge in [0.1, 0.15) is 5.75 Å². The lowest BCUT2D eigenvalue weighted by atomic mass is 10.1. The van der Waals surface area contributed by atoms with E-state index in [9.17, 15) is 9.59 Å². The molecule has 8 heteroatoms. The molecule has 1 aliphatic rings. The summed E-state index contributed by atoms with van der Waals surface area (Å²) in [6.07, 6.45) is 4.18. The van der Waals surface area contributed by atoms with Gasteiger partial charge in [0.15, 0.2) is 11.2 Å². The van der Waals surface area contributed by atoms with Gasteiger partial charge in [-0.15, -0.1) is 0 Å². The number of imidazole rings is 1. The van der Waals surface area contributed by atoms with Crippen LogP contribution in [0.25, 0.3) is 11.2 Å². The molecule has 8 nitrogen and oxygen atoms in total. The number of piperidine rings is 1. The Labute approximate surface area is 169 Å². The smallest absolute Gasteiger partial charge is 0.332 e. The van der Waals surface area contributed by atoms with Crippen molar-refractivity contribution >= 4 is 17.1 Å². The van der Waals surface area contributed by atoms with E-state index >= 15 is 0 Å². The molecule has 1 fully saturated rings. The molecule has 1 aliphatic heterocycles. The third kappa shape index (κ3) is 3.43. The molecule has 0 aliphatic carbocycles. The number of aromatic nitrogens is 4. The lowest BCUT2D eigenvalue weighted by Crippen LogP contribution is -2.37. The summed E-state index contributed by atoms with van der Waals surface area (Å²) in [5.74, 6) is 1.60. The number of hydrogen-bond donors (Lipinski definition) is 0. The standard InChI is InChI=1S/C21H27N5O3/c1-23-18-17(19(27)24(2)21(23)28)26(20(22-18)25-12-5-4-6-13-25)14-11-15-7-9-16(29-3)10-8-15/h7-10H,4-6,11-14H2,1-3H3. The van der Waals surface area contributed by atoms with Crippen molar-refractivity contribution in [3.8, 4) is 5.75 Å². The number of methoxy groups -OCH3 is 1. The fraction of sp³-hybridized carbons (Fsp3) is 0.476. The van der Waals surface area contributed by atoms with E-state index in [2.05, 4.69) is 4.90 Å². The summed E-state index contributed by atoms with van der Waals surface area (Å²) in [6.45, 7) is 2.45. The second-order valence-corrected chi connectivity index (χ2v) is 7.59. The van der Waals surface area contributed by atoms with Crippen molar-refractivity contribution < 1.29 is 4.74 Å². The fourth-order valence-corrected chi connectivity index (χ4v) is 4.02. The number of fused-ring (bicyclic) bond motifs is 1. The number of aryl methyl sites for hydroxylation is 3. The number of rotatable bonds is 5. The summed E-state index contributed by atoms with van der Waals surface area (Å²) in [7, 11) is 4.84. The number of hydrogen-bond acceptors (Lipinski definition) is 5. The Kier molecular flexibility index (Phi) is 5.17. The maximum atomic E-state index is 13.0. The van der Waals surface area contributed by atoms with Crippen molar-refractivity contribution in [2.24, 2.45) is 14.1 Å². The molecular formula is C21H27N5O3. The van der Waals surface area contributed by atoms with Crippen LogP contribution in [0.3, 0.4) is 0 Å². The second kappa shape index (κ2) is 7.77. The molecule has 154 valence electrons. The first-order valence-corrected chi connectivity index (χ1v) is 10.1. The number of nitrogens with zero attached hydrogens (tertiary/aromatic N) is 5. The predicted octanol–water partition coefficient (Wildman–Crippen LogP) is 1.68. The summed E-state index contributed by atoms with van der Waals surface area (Å²) in [4.78, 5) is 32.4. The van der Waals surface area contributed by atoms with E-state index in [1.54, 1.807) is 14.2 Å². The van der Waals surface area contributed by atoms with Crippen LogP contribution >= 0.6 is 0 Å². The van der Waals surface area contributed by atoms with Crippen molar-refractivity contribution in [3.05, 3.63) is 50.7 Å². The van der Waals surface area contributed by atoms with Crippen LogP contribution in [0.4, 0.5) is 5.95 Å². The van der Waals surface area contributed by atoms with E-state index in [0.29, 0.717) is 17.7 Å². The summed E-state index contributed by atoms with van der Waals surface area (Å²) >= 11 is 0. The largest absolute Gasteiger partial charge is 0.497 e. The Morgan fingerprint density at radius 2 is 1.69 bits per heavy atom. The molecule has 0 spiro atoms. The summed E-state index contributed by atoms with van der Waals surface area (Å²) in [5.41, 5.74) is 1.44. The quantitative estimate of drug-likeness (QED) is 0.655. The Bertz CT molecular complexity index is 1130. The molecule has 4 rings (SSSR count). The topological polar surface area (TPSA) is 74.3 Å². The summed E-state index contributed by atoms with van der Waals surface area (Å²) in [5, 5.41) is 0. The third-order valence-corrected chi connectivity index (χ3v) is 5.75. The average molecular weight is 397 g/mol. The molecule has 0 amide bonds. The van der Waals surface area contributed by atoms with Crippen LogP contribution in [0.1, 0.15) is 24.8 Å². The zero-order chi connectivity index (χ0) is 20.5. The van der Waals surface area contributed by atoms with Crippen LogP contribution in [-0.4, -0.2) is 38.9 Å². The number of anilines is 1. The van der Waals surface area contributed by atoms with Crippen LogP contribution in [0, 0.1) is 0 Å². The molecule has 0 unspecified atom stereocenters. The fourth-order valence-electron chi connectivity index (χ4n) is 4.02. The average Bonchev–Trinajstić information content (AvgIpc) is 3.15. The van der Waals surface area contributed by atoms with Gasteiger partial charge in [-0.3, -0.25) is 13.9 Å². The Hall–Kier alpha value is -3.03. The Morgan fingerprint density at radius 1 is 1.00 bits per heavy atom. The zero-order valence-electron chi connectivity index (χ0n) is 17.2. The highest BCUT2D eigenvalue weighted by molar-refractivity contribution is 5.74. The Balaban J connectivity index is 1.80. The normalized spacial score (nSPS) is 14.5. The molecule has 0 bridgehead atoms. The lowest BCUT2D eigenvalue weighted by Gasteiger charge is -2.28. The molecule has 1 aromatic carbocycles. The lowest BCUT2D eigenvalue weighted by molar-refractivity contribution is 0.414. The van der Waals surface area contributed by atoms with Gasteiger partial charge in [-0.05, 0) is 43.4 Å². The monoisotopic (exact) mass is 397 g/mol. The minimum absolute atomic E-state index is 0.298. The second-order valence-electron chi connectivity index (χ2n) is 7.59.